The summed E-state index contributed by atoms with van der Waals surface area (Å²) in [4.78, 5) is 22.2. The van der Waals surface area contributed by atoms with E-state index in [1.54, 1.807) is 61.7 Å². The summed E-state index contributed by atoms with van der Waals surface area (Å²) in [7, 11) is 1.57. The standard InChI is InChI=1S/C20H16N2O5/c1-26-17-8-4-15(5-9-17)21-20(23)13-11-18-10-12-19(27-18)14-2-6-16(7-3-14)22(24)25/h2-13H,1H3,(H,21,23)/b13-11+. The maximum atomic E-state index is 12.0. The molecule has 0 aliphatic heterocycles. The molecular formula is C20H16N2O5. The molecule has 0 atom stereocenters. The third-order valence-electron chi connectivity index (χ3n) is 3.75. The number of nitrogens with one attached hydrogen (secondary N) is 1. The number of rotatable bonds is 6. The highest BCUT2D eigenvalue weighted by Crippen LogP contribution is 2.25. The van der Waals surface area contributed by atoms with Gasteiger partial charge in [-0.25, -0.2) is 0 Å². The van der Waals surface area contributed by atoms with Gasteiger partial charge in [0.05, 0.1) is 12.0 Å². The Balaban J connectivity index is 1.63. The molecule has 0 spiro atoms. The van der Waals surface area contributed by atoms with Crippen molar-refractivity contribution < 1.29 is 18.9 Å². The third-order valence-corrected chi connectivity index (χ3v) is 3.75. The van der Waals surface area contributed by atoms with Crippen molar-refractivity contribution in [3.8, 4) is 17.1 Å². The first kappa shape index (κ1) is 17.9. The molecule has 0 bridgehead atoms. The van der Waals surface area contributed by atoms with Crippen LogP contribution in [0.1, 0.15) is 5.76 Å². The van der Waals surface area contributed by atoms with Crippen LogP contribution in [-0.4, -0.2) is 17.9 Å². The molecule has 7 nitrogen and oxygen atoms in total. The molecular weight excluding hydrogens is 348 g/mol. The maximum absolute atomic E-state index is 12.0. The number of anilines is 1. The van der Waals surface area contributed by atoms with Gasteiger partial charge in [-0.3, -0.25) is 14.9 Å². The van der Waals surface area contributed by atoms with Crippen LogP contribution >= 0.6 is 0 Å². The molecule has 3 aromatic rings. The van der Waals surface area contributed by atoms with E-state index in [2.05, 4.69) is 5.32 Å². The first-order valence-corrected chi connectivity index (χ1v) is 8.03. The highest BCUT2D eigenvalue weighted by Gasteiger charge is 2.08. The van der Waals surface area contributed by atoms with Crippen molar-refractivity contribution in [2.45, 2.75) is 0 Å². The maximum Gasteiger partial charge on any atom is 0.269 e. The van der Waals surface area contributed by atoms with Crippen molar-refractivity contribution in [1.82, 2.24) is 0 Å². The fraction of sp³-hybridized carbons (Fsp3) is 0.0500. The van der Waals surface area contributed by atoms with E-state index in [-0.39, 0.29) is 11.6 Å². The van der Waals surface area contributed by atoms with Crippen molar-refractivity contribution in [2.75, 3.05) is 12.4 Å². The van der Waals surface area contributed by atoms with Gasteiger partial charge in [0.2, 0.25) is 5.91 Å². The molecule has 1 amide bonds. The summed E-state index contributed by atoms with van der Waals surface area (Å²) >= 11 is 0. The molecule has 0 unspecified atom stereocenters. The summed E-state index contributed by atoms with van der Waals surface area (Å²) in [5.74, 6) is 1.46. The van der Waals surface area contributed by atoms with Crippen LogP contribution < -0.4 is 10.1 Å². The minimum absolute atomic E-state index is 0.0145. The van der Waals surface area contributed by atoms with E-state index in [0.29, 0.717) is 28.5 Å². The van der Waals surface area contributed by atoms with Gasteiger partial charge >= 0.3 is 0 Å². The number of carbonyl (C=O) groups excluding carboxylic acids is 1. The average molecular weight is 364 g/mol. The lowest BCUT2D eigenvalue weighted by Crippen LogP contribution is -2.07. The number of non-ortho nitro benzene ring substituents is 1. The second kappa shape index (κ2) is 8.01. The van der Waals surface area contributed by atoms with Crippen LogP contribution in [0.25, 0.3) is 17.4 Å². The molecule has 0 radical (unpaired) electrons. The van der Waals surface area contributed by atoms with Crippen molar-refractivity contribution in [3.63, 3.8) is 0 Å². The normalized spacial score (nSPS) is 10.7. The van der Waals surface area contributed by atoms with Crippen molar-refractivity contribution in [2.24, 2.45) is 0 Å². The molecule has 0 saturated carbocycles. The molecule has 0 fully saturated rings. The lowest BCUT2D eigenvalue weighted by Gasteiger charge is -2.03. The molecule has 0 saturated heterocycles. The molecule has 27 heavy (non-hydrogen) atoms. The molecule has 1 aromatic heterocycles. The first-order valence-electron chi connectivity index (χ1n) is 8.03. The SMILES string of the molecule is COc1ccc(NC(=O)/C=C/c2ccc(-c3ccc([N+](=O)[O-])cc3)o2)cc1. The van der Waals surface area contributed by atoms with Crippen LogP contribution in [0.4, 0.5) is 11.4 Å². The van der Waals surface area contributed by atoms with Gasteiger partial charge in [0.15, 0.2) is 0 Å². The van der Waals surface area contributed by atoms with Crippen LogP contribution in [0.3, 0.4) is 0 Å². The van der Waals surface area contributed by atoms with Gasteiger partial charge in [0.1, 0.15) is 17.3 Å². The van der Waals surface area contributed by atoms with Gasteiger partial charge in [-0.15, -0.1) is 0 Å². The monoisotopic (exact) mass is 364 g/mol. The fourth-order valence-electron chi connectivity index (χ4n) is 2.36. The topological polar surface area (TPSA) is 94.6 Å². The van der Waals surface area contributed by atoms with Crippen molar-refractivity contribution in [3.05, 3.63) is 82.6 Å². The Morgan fingerprint density at radius 3 is 2.41 bits per heavy atom. The number of hydrogen-bond acceptors (Lipinski definition) is 5. The summed E-state index contributed by atoms with van der Waals surface area (Å²) in [5, 5.41) is 13.4. The molecule has 7 heteroatoms. The molecule has 136 valence electrons. The van der Waals surface area contributed by atoms with E-state index in [1.807, 2.05) is 0 Å². The van der Waals surface area contributed by atoms with E-state index < -0.39 is 4.92 Å². The second-order valence-electron chi connectivity index (χ2n) is 5.56. The summed E-state index contributed by atoms with van der Waals surface area (Å²) in [6.45, 7) is 0. The Morgan fingerprint density at radius 2 is 1.78 bits per heavy atom. The van der Waals surface area contributed by atoms with E-state index in [9.17, 15) is 14.9 Å². The van der Waals surface area contributed by atoms with Gasteiger partial charge in [-0.2, -0.15) is 0 Å². The molecule has 3 rings (SSSR count). The van der Waals surface area contributed by atoms with Crippen LogP contribution in [0.5, 0.6) is 5.75 Å². The third kappa shape index (κ3) is 4.60. The van der Waals surface area contributed by atoms with Gasteiger partial charge in [-0.1, -0.05) is 0 Å². The Morgan fingerprint density at radius 1 is 1.07 bits per heavy atom. The van der Waals surface area contributed by atoms with Crippen molar-refractivity contribution >= 4 is 23.4 Å². The van der Waals surface area contributed by atoms with Crippen LogP contribution in [0.2, 0.25) is 0 Å². The van der Waals surface area contributed by atoms with Crippen LogP contribution in [0, 0.1) is 10.1 Å². The molecule has 1 N–H and O–H groups in total. The quantitative estimate of drug-likeness (QED) is 0.394. The minimum Gasteiger partial charge on any atom is -0.497 e. The zero-order valence-electron chi connectivity index (χ0n) is 14.4. The zero-order valence-corrected chi connectivity index (χ0v) is 14.4. The predicted molar refractivity (Wildman–Crippen MR) is 101 cm³/mol. The smallest absolute Gasteiger partial charge is 0.269 e. The van der Waals surface area contributed by atoms with Crippen LogP contribution in [0.15, 0.2) is 71.2 Å². The van der Waals surface area contributed by atoms with Gasteiger partial charge in [0.25, 0.3) is 5.69 Å². The summed E-state index contributed by atoms with van der Waals surface area (Å²) in [6, 6.07) is 16.5. The molecule has 0 aliphatic carbocycles. The second-order valence-corrected chi connectivity index (χ2v) is 5.56. The Hall–Kier alpha value is -3.87. The number of carbonyl (C=O) groups is 1. The number of amides is 1. The number of ether oxygens (including phenoxy) is 1. The molecule has 2 aromatic carbocycles. The van der Waals surface area contributed by atoms with E-state index >= 15 is 0 Å². The van der Waals surface area contributed by atoms with E-state index in [4.69, 9.17) is 9.15 Å². The highest BCUT2D eigenvalue weighted by atomic mass is 16.6. The number of methoxy groups -OCH3 is 1. The Bertz CT molecular complexity index is 972. The zero-order chi connectivity index (χ0) is 19.2. The van der Waals surface area contributed by atoms with Gasteiger partial charge in [-0.05, 0) is 54.6 Å². The first-order chi connectivity index (χ1) is 13.0. The van der Waals surface area contributed by atoms with Crippen molar-refractivity contribution in [1.29, 1.82) is 0 Å². The van der Waals surface area contributed by atoms with Crippen LogP contribution in [-0.2, 0) is 4.79 Å². The number of hydrogen-bond donors (Lipinski definition) is 1. The summed E-state index contributed by atoms with van der Waals surface area (Å²) in [6.07, 6.45) is 2.91. The minimum atomic E-state index is -0.457. The number of nitrogens with zero attached hydrogens (tertiary/aromatic N) is 1. The van der Waals surface area contributed by atoms with E-state index in [1.165, 1.54) is 18.2 Å². The lowest BCUT2D eigenvalue weighted by molar-refractivity contribution is -0.384. The predicted octanol–water partition coefficient (Wildman–Crippen LogP) is 4.52. The molecule has 0 aliphatic rings. The van der Waals surface area contributed by atoms with Gasteiger partial charge in [0, 0.05) is 29.5 Å². The summed E-state index contributed by atoms with van der Waals surface area (Å²) in [5.41, 5.74) is 1.38. The number of furan rings is 1. The van der Waals surface area contributed by atoms with E-state index in [0.717, 1.165) is 0 Å². The summed E-state index contributed by atoms with van der Waals surface area (Å²) < 4.78 is 10.7. The Kier molecular flexibility index (Phi) is 5.32. The largest absolute Gasteiger partial charge is 0.497 e. The number of benzene rings is 2. The number of nitro groups is 1. The molecule has 1 heterocycles. The number of nitro benzene ring substituents is 1. The highest BCUT2D eigenvalue weighted by molar-refractivity contribution is 6.01. The average Bonchev–Trinajstić information content (AvgIpc) is 3.16. The van der Waals surface area contributed by atoms with Gasteiger partial charge < -0.3 is 14.5 Å². The Labute approximate surface area is 155 Å². The lowest BCUT2D eigenvalue weighted by atomic mass is 10.1. The fourth-order valence-corrected chi connectivity index (χ4v) is 2.36.